The van der Waals surface area contributed by atoms with Crippen molar-refractivity contribution in [2.24, 2.45) is 11.8 Å². The Bertz CT molecular complexity index is 1050. The first-order chi connectivity index (χ1) is 16.0. The van der Waals surface area contributed by atoms with Gasteiger partial charge in [0.1, 0.15) is 0 Å². The SMILES string of the molecule is CC(CC(CC(CC1C(=O)OC(=O)C1C)c1ccccc1)c1ccccc1)c1ccccc1. The second kappa shape index (κ2) is 10.6. The average Bonchev–Trinajstić information content (AvgIpc) is 3.10. The minimum atomic E-state index is -0.394. The van der Waals surface area contributed by atoms with Gasteiger partial charge in [0.25, 0.3) is 0 Å². The van der Waals surface area contributed by atoms with E-state index < -0.39 is 5.97 Å². The molecule has 1 fully saturated rings. The zero-order valence-corrected chi connectivity index (χ0v) is 19.4. The van der Waals surface area contributed by atoms with Crippen molar-refractivity contribution < 1.29 is 14.3 Å². The second-order valence-corrected chi connectivity index (χ2v) is 9.37. The number of carbonyl (C=O) groups is 2. The Morgan fingerprint density at radius 3 is 1.64 bits per heavy atom. The molecule has 5 unspecified atom stereocenters. The number of ether oxygens (including phenoxy) is 1. The molecule has 0 aliphatic carbocycles. The number of rotatable bonds is 9. The molecule has 0 saturated carbocycles. The van der Waals surface area contributed by atoms with Gasteiger partial charge in [0, 0.05) is 0 Å². The number of benzene rings is 3. The third-order valence-electron chi connectivity index (χ3n) is 7.14. The van der Waals surface area contributed by atoms with Crippen LogP contribution in [-0.2, 0) is 14.3 Å². The van der Waals surface area contributed by atoms with Crippen LogP contribution in [0.1, 0.15) is 67.6 Å². The Hall–Kier alpha value is -3.20. The van der Waals surface area contributed by atoms with Crippen molar-refractivity contribution >= 4 is 11.9 Å². The highest BCUT2D eigenvalue weighted by Crippen LogP contribution is 2.41. The highest BCUT2D eigenvalue weighted by Gasteiger charge is 2.42. The van der Waals surface area contributed by atoms with Crippen molar-refractivity contribution in [1.82, 2.24) is 0 Å². The van der Waals surface area contributed by atoms with Crippen molar-refractivity contribution in [2.45, 2.75) is 50.9 Å². The predicted octanol–water partition coefficient (Wildman–Crippen LogP) is 6.86. The van der Waals surface area contributed by atoms with Crippen LogP contribution in [0.4, 0.5) is 0 Å². The summed E-state index contributed by atoms with van der Waals surface area (Å²) < 4.78 is 4.96. The van der Waals surface area contributed by atoms with Crippen molar-refractivity contribution in [3.05, 3.63) is 108 Å². The fraction of sp³-hybridized carbons (Fsp3) is 0.333. The average molecular weight is 441 g/mol. The third kappa shape index (κ3) is 5.60. The highest BCUT2D eigenvalue weighted by molar-refractivity contribution is 5.96. The Labute approximate surface area is 196 Å². The highest BCUT2D eigenvalue weighted by atomic mass is 16.6. The summed E-state index contributed by atoms with van der Waals surface area (Å²) in [4.78, 5) is 24.5. The fourth-order valence-corrected chi connectivity index (χ4v) is 5.12. The van der Waals surface area contributed by atoms with E-state index in [-0.39, 0.29) is 23.7 Å². The van der Waals surface area contributed by atoms with E-state index in [9.17, 15) is 9.59 Å². The lowest BCUT2D eigenvalue weighted by Gasteiger charge is -2.28. The van der Waals surface area contributed by atoms with Gasteiger partial charge in [-0.05, 0) is 53.7 Å². The number of carbonyl (C=O) groups excluding carboxylic acids is 2. The molecule has 3 heteroatoms. The molecule has 1 saturated heterocycles. The molecule has 0 aromatic heterocycles. The first-order valence-electron chi connectivity index (χ1n) is 11.9. The molecule has 33 heavy (non-hydrogen) atoms. The molecular formula is C30H32O3. The fourth-order valence-electron chi connectivity index (χ4n) is 5.12. The van der Waals surface area contributed by atoms with Crippen molar-refractivity contribution in [3.63, 3.8) is 0 Å². The van der Waals surface area contributed by atoms with Gasteiger partial charge in [0.15, 0.2) is 0 Å². The van der Waals surface area contributed by atoms with Gasteiger partial charge >= 0.3 is 11.9 Å². The molecule has 3 nitrogen and oxygen atoms in total. The predicted molar refractivity (Wildman–Crippen MR) is 131 cm³/mol. The Kier molecular flexibility index (Phi) is 7.39. The summed E-state index contributed by atoms with van der Waals surface area (Å²) >= 11 is 0. The summed E-state index contributed by atoms with van der Waals surface area (Å²) in [5.41, 5.74) is 3.87. The molecule has 3 aromatic carbocycles. The molecular weight excluding hydrogens is 408 g/mol. The molecule has 1 heterocycles. The van der Waals surface area contributed by atoms with Crippen LogP contribution in [0.5, 0.6) is 0 Å². The molecule has 0 bridgehead atoms. The van der Waals surface area contributed by atoms with Crippen molar-refractivity contribution in [2.75, 3.05) is 0 Å². The molecule has 1 aliphatic rings. The van der Waals surface area contributed by atoms with E-state index in [1.807, 2.05) is 25.1 Å². The van der Waals surface area contributed by atoms with Crippen LogP contribution in [-0.4, -0.2) is 11.9 Å². The molecule has 3 aromatic rings. The molecule has 170 valence electrons. The van der Waals surface area contributed by atoms with E-state index >= 15 is 0 Å². The smallest absolute Gasteiger partial charge is 0.317 e. The lowest BCUT2D eigenvalue weighted by molar-refractivity contribution is -0.153. The quantitative estimate of drug-likeness (QED) is 0.269. The van der Waals surface area contributed by atoms with Gasteiger partial charge < -0.3 is 4.74 Å². The van der Waals surface area contributed by atoms with Gasteiger partial charge in [-0.2, -0.15) is 0 Å². The van der Waals surface area contributed by atoms with Gasteiger partial charge in [-0.1, -0.05) is 105 Å². The first-order valence-corrected chi connectivity index (χ1v) is 11.9. The molecule has 0 spiro atoms. The number of esters is 2. The first kappa shape index (κ1) is 23.0. The summed E-state index contributed by atoms with van der Waals surface area (Å²) in [7, 11) is 0. The van der Waals surface area contributed by atoms with E-state index in [0.717, 1.165) is 12.8 Å². The lowest BCUT2D eigenvalue weighted by Crippen LogP contribution is -2.20. The van der Waals surface area contributed by atoms with Crippen LogP contribution in [0, 0.1) is 11.8 Å². The molecule has 4 rings (SSSR count). The maximum atomic E-state index is 12.4. The number of hydrogen-bond acceptors (Lipinski definition) is 3. The molecule has 0 N–H and O–H groups in total. The molecule has 5 atom stereocenters. The minimum Gasteiger partial charge on any atom is -0.393 e. The van der Waals surface area contributed by atoms with Crippen LogP contribution < -0.4 is 0 Å². The Morgan fingerprint density at radius 2 is 1.15 bits per heavy atom. The van der Waals surface area contributed by atoms with Crippen molar-refractivity contribution in [3.8, 4) is 0 Å². The van der Waals surface area contributed by atoms with E-state index in [0.29, 0.717) is 18.3 Å². The van der Waals surface area contributed by atoms with Gasteiger partial charge in [-0.3, -0.25) is 9.59 Å². The van der Waals surface area contributed by atoms with Crippen LogP contribution in [0.15, 0.2) is 91.0 Å². The number of hydrogen-bond donors (Lipinski definition) is 0. The van der Waals surface area contributed by atoms with Crippen LogP contribution in [0.2, 0.25) is 0 Å². The van der Waals surface area contributed by atoms with Crippen LogP contribution >= 0.6 is 0 Å². The van der Waals surface area contributed by atoms with E-state index in [2.05, 4.69) is 79.7 Å². The Morgan fingerprint density at radius 1 is 0.667 bits per heavy atom. The largest absolute Gasteiger partial charge is 0.393 e. The zero-order valence-electron chi connectivity index (χ0n) is 19.4. The monoisotopic (exact) mass is 440 g/mol. The molecule has 0 amide bonds. The maximum absolute atomic E-state index is 12.4. The van der Waals surface area contributed by atoms with Crippen LogP contribution in [0.3, 0.4) is 0 Å². The van der Waals surface area contributed by atoms with Gasteiger partial charge in [-0.15, -0.1) is 0 Å². The van der Waals surface area contributed by atoms with E-state index in [1.165, 1.54) is 16.7 Å². The van der Waals surface area contributed by atoms with Gasteiger partial charge in [0.05, 0.1) is 11.8 Å². The summed E-state index contributed by atoms with van der Waals surface area (Å²) in [6, 6.07) is 31.7. The van der Waals surface area contributed by atoms with Crippen LogP contribution in [0.25, 0.3) is 0 Å². The summed E-state index contributed by atoms with van der Waals surface area (Å²) in [5, 5.41) is 0. The molecule has 0 radical (unpaired) electrons. The van der Waals surface area contributed by atoms with E-state index in [1.54, 1.807) is 0 Å². The summed E-state index contributed by atoms with van der Waals surface area (Å²) in [5.74, 6) is -0.644. The zero-order chi connectivity index (χ0) is 23.2. The third-order valence-corrected chi connectivity index (χ3v) is 7.14. The summed E-state index contributed by atoms with van der Waals surface area (Å²) in [6.45, 7) is 4.10. The maximum Gasteiger partial charge on any atom is 0.317 e. The lowest BCUT2D eigenvalue weighted by atomic mass is 9.75. The standard InChI is InChI=1S/C30H32O3/c1-21(23-12-6-3-7-13-23)18-26(24-14-8-4-9-15-24)19-27(25-16-10-5-11-17-25)20-28-22(2)29(31)33-30(28)32/h3-17,21-22,26-28H,18-20H2,1-2H3. The minimum absolute atomic E-state index is 0.158. The van der Waals surface area contributed by atoms with E-state index in [4.69, 9.17) is 4.74 Å². The normalized spacial score (nSPS) is 20.8. The topological polar surface area (TPSA) is 43.4 Å². The second-order valence-electron chi connectivity index (χ2n) is 9.37. The van der Waals surface area contributed by atoms with Gasteiger partial charge in [-0.25, -0.2) is 0 Å². The molecule has 1 aliphatic heterocycles. The Balaban J connectivity index is 1.62. The van der Waals surface area contributed by atoms with Crippen molar-refractivity contribution in [1.29, 1.82) is 0 Å². The van der Waals surface area contributed by atoms with Gasteiger partial charge in [0.2, 0.25) is 0 Å². The summed E-state index contributed by atoms with van der Waals surface area (Å²) in [6.07, 6.45) is 2.55. The number of cyclic esters (lactones) is 2.